The van der Waals surface area contributed by atoms with Gasteiger partial charge in [0.05, 0.1) is 23.2 Å². The summed E-state index contributed by atoms with van der Waals surface area (Å²) in [7, 11) is -3.96. The minimum Gasteiger partial charge on any atom is -0.465 e. The van der Waals surface area contributed by atoms with Crippen LogP contribution in [0.2, 0.25) is 0 Å². The van der Waals surface area contributed by atoms with Crippen molar-refractivity contribution in [3.63, 3.8) is 0 Å². The van der Waals surface area contributed by atoms with E-state index in [1.165, 1.54) is 33.9 Å². The maximum atomic E-state index is 13.3. The number of para-hydroxylation sites is 1. The number of rotatable bonds is 14. The molecule has 18 heteroatoms. The van der Waals surface area contributed by atoms with Gasteiger partial charge in [0, 0.05) is 18.8 Å². The van der Waals surface area contributed by atoms with Crippen LogP contribution in [0.3, 0.4) is 0 Å². The lowest BCUT2D eigenvalue weighted by Crippen LogP contribution is -2.43. The average Bonchev–Trinajstić information content (AvgIpc) is 3.58. The summed E-state index contributed by atoms with van der Waals surface area (Å²) in [6.45, 7) is 0.987. The second-order valence-electron chi connectivity index (χ2n) is 8.49. The Morgan fingerprint density at radius 1 is 1.14 bits per heavy atom. The van der Waals surface area contributed by atoms with Crippen LogP contribution < -0.4 is 10.0 Å². The van der Waals surface area contributed by atoms with Gasteiger partial charge in [-0.15, -0.1) is 11.3 Å². The molecular weight excluding hydrogens is 609 g/mol. The summed E-state index contributed by atoms with van der Waals surface area (Å²) < 4.78 is 40.2. The topological polar surface area (TPSA) is 188 Å². The molecule has 0 spiro atoms. The molecule has 3 heterocycles. The van der Waals surface area contributed by atoms with Crippen molar-refractivity contribution in [2.45, 2.75) is 17.8 Å². The first kappa shape index (κ1) is 31.1. The number of carbonyl (C=O) groups is 3. The number of anilines is 1. The third kappa shape index (κ3) is 7.90. The Morgan fingerprint density at radius 2 is 1.95 bits per heavy atom. The standard InChI is InChI=1S/C24H28N8O7S3/c1-3-38-19(34)13-31(9-8-28-42(36,37)24-29-16-6-4-5-7-17(16)41-24)18(33)12-32-15-27-20-21(25-14-26-22(20)32)30-23(35)39-10-11-40-2/h4-7,14-15,28H,3,8-13H2,1-2H3,(H,25,26,30,35). The van der Waals surface area contributed by atoms with Crippen LogP contribution in [0.1, 0.15) is 6.92 Å². The quantitative estimate of drug-likeness (QED) is 0.151. The van der Waals surface area contributed by atoms with Crippen LogP contribution in [0.15, 0.2) is 41.3 Å². The van der Waals surface area contributed by atoms with E-state index in [4.69, 9.17) is 9.47 Å². The number of fused-ring (bicyclic) bond motifs is 2. The summed E-state index contributed by atoms with van der Waals surface area (Å²) in [6.07, 6.45) is 3.73. The maximum absolute atomic E-state index is 13.3. The molecule has 0 saturated heterocycles. The molecule has 0 radical (unpaired) electrons. The predicted octanol–water partition coefficient (Wildman–Crippen LogP) is 1.72. The predicted molar refractivity (Wildman–Crippen MR) is 157 cm³/mol. The Morgan fingerprint density at radius 3 is 2.71 bits per heavy atom. The van der Waals surface area contributed by atoms with Gasteiger partial charge in [0.2, 0.25) is 10.2 Å². The van der Waals surface area contributed by atoms with E-state index in [1.54, 1.807) is 31.2 Å². The maximum Gasteiger partial charge on any atom is 0.412 e. The summed E-state index contributed by atoms with van der Waals surface area (Å²) in [4.78, 5) is 55.4. The summed E-state index contributed by atoms with van der Waals surface area (Å²) in [6, 6.07) is 7.04. The van der Waals surface area contributed by atoms with Gasteiger partial charge in [0.15, 0.2) is 17.0 Å². The first-order valence-electron chi connectivity index (χ1n) is 12.6. The Hall–Kier alpha value is -3.87. The van der Waals surface area contributed by atoms with Gasteiger partial charge in [0.25, 0.3) is 10.0 Å². The smallest absolute Gasteiger partial charge is 0.412 e. The Kier molecular flexibility index (Phi) is 10.6. The highest BCUT2D eigenvalue weighted by molar-refractivity contribution is 7.98. The van der Waals surface area contributed by atoms with Crippen molar-refractivity contribution in [3.8, 4) is 0 Å². The lowest BCUT2D eigenvalue weighted by Gasteiger charge is -2.22. The molecule has 0 aliphatic carbocycles. The van der Waals surface area contributed by atoms with Crippen molar-refractivity contribution in [2.75, 3.05) is 50.2 Å². The van der Waals surface area contributed by atoms with Crippen LogP contribution >= 0.6 is 23.1 Å². The first-order valence-corrected chi connectivity index (χ1v) is 16.3. The second kappa shape index (κ2) is 14.3. The number of thiazole rings is 1. The average molecular weight is 637 g/mol. The van der Waals surface area contributed by atoms with E-state index in [1.807, 2.05) is 6.26 Å². The summed E-state index contributed by atoms with van der Waals surface area (Å²) >= 11 is 2.55. The fourth-order valence-electron chi connectivity index (χ4n) is 3.68. The molecular formula is C24H28N8O7S3. The van der Waals surface area contributed by atoms with Crippen LogP contribution in [0.5, 0.6) is 0 Å². The SMILES string of the molecule is CCOC(=O)CN(CCNS(=O)(=O)c1nc2ccccc2s1)C(=O)Cn1cnc2c(NC(=O)OCCSC)ncnc21. The molecule has 15 nitrogen and oxygen atoms in total. The zero-order valence-corrected chi connectivity index (χ0v) is 25.1. The summed E-state index contributed by atoms with van der Waals surface area (Å²) in [5.41, 5.74) is 1.04. The minimum absolute atomic E-state index is 0.103. The molecule has 0 saturated carbocycles. The minimum atomic E-state index is -3.96. The highest BCUT2D eigenvalue weighted by Gasteiger charge is 2.23. The van der Waals surface area contributed by atoms with E-state index in [0.717, 1.165) is 16.0 Å². The van der Waals surface area contributed by atoms with Crippen LogP contribution in [0.4, 0.5) is 10.6 Å². The highest BCUT2D eigenvalue weighted by atomic mass is 32.2. The molecule has 0 atom stereocenters. The number of nitrogens with zero attached hydrogens (tertiary/aromatic N) is 6. The number of nitrogens with one attached hydrogen (secondary N) is 2. The third-order valence-electron chi connectivity index (χ3n) is 5.60. The van der Waals surface area contributed by atoms with Gasteiger partial charge in [-0.05, 0) is 25.3 Å². The lowest BCUT2D eigenvalue weighted by molar-refractivity contribution is -0.149. The molecule has 1 aromatic carbocycles. The molecule has 42 heavy (non-hydrogen) atoms. The highest BCUT2D eigenvalue weighted by Crippen LogP contribution is 2.24. The van der Waals surface area contributed by atoms with Crippen LogP contribution in [-0.4, -0.2) is 101 Å². The molecule has 224 valence electrons. The molecule has 4 rings (SSSR count). The molecule has 0 aliphatic rings. The molecule has 0 fully saturated rings. The normalized spacial score (nSPS) is 11.5. The number of benzene rings is 1. The molecule has 0 aliphatic heterocycles. The largest absolute Gasteiger partial charge is 0.465 e. The van der Waals surface area contributed by atoms with E-state index >= 15 is 0 Å². The number of amides is 2. The van der Waals surface area contributed by atoms with Crippen molar-refractivity contribution in [1.29, 1.82) is 0 Å². The van der Waals surface area contributed by atoms with Crippen LogP contribution in [-0.2, 0) is 35.6 Å². The number of imidazole rings is 1. The number of thioether (sulfide) groups is 1. The Balaban J connectivity index is 1.44. The van der Waals surface area contributed by atoms with E-state index < -0.39 is 34.5 Å². The van der Waals surface area contributed by atoms with Crippen LogP contribution in [0.25, 0.3) is 21.4 Å². The molecule has 0 unspecified atom stereocenters. The zero-order chi connectivity index (χ0) is 30.1. The van der Waals surface area contributed by atoms with Gasteiger partial charge in [-0.3, -0.25) is 14.9 Å². The van der Waals surface area contributed by atoms with Crippen molar-refractivity contribution < 1.29 is 32.3 Å². The molecule has 2 N–H and O–H groups in total. The van der Waals surface area contributed by atoms with Gasteiger partial charge in [-0.2, -0.15) is 11.8 Å². The number of ether oxygens (including phenoxy) is 2. The number of esters is 1. The second-order valence-corrected chi connectivity index (χ2v) is 12.4. The van der Waals surface area contributed by atoms with Crippen molar-refractivity contribution in [3.05, 3.63) is 36.9 Å². The van der Waals surface area contributed by atoms with Gasteiger partial charge in [0.1, 0.15) is 26.0 Å². The Labute approximate surface area is 249 Å². The van der Waals surface area contributed by atoms with E-state index in [0.29, 0.717) is 11.3 Å². The van der Waals surface area contributed by atoms with Gasteiger partial charge < -0.3 is 18.9 Å². The van der Waals surface area contributed by atoms with Crippen molar-refractivity contribution in [1.82, 2.24) is 34.1 Å². The number of carbonyl (C=O) groups excluding carboxylic acids is 3. The molecule has 4 aromatic rings. The number of hydrogen-bond donors (Lipinski definition) is 2. The third-order valence-corrected chi connectivity index (χ3v) is 9.05. The fraction of sp³-hybridized carbons (Fsp3) is 0.375. The number of sulfonamides is 1. The van der Waals surface area contributed by atoms with Gasteiger partial charge in [-0.25, -0.2) is 37.9 Å². The van der Waals surface area contributed by atoms with E-state index in [2.05, 4.69) is 30.0 Å². The van der Waals surface area contributed by atoms with Crippen molar-refractivity contribution in [2.24, 2.45) is 0 Å². The van der Waals surface area contributed by atoms with E-state index in [-0.39, 0.29) is 54.2 Å². The monoisotopic (exact) mass is 636 g/mol. The van der Waals surface area contributed by atoms with Gasteiger partial charge >= 0.3 is 12.1 Å². The lowest BCUT2D eigenvalue weighted by atomic mass is 10.3. The molecule has 0 bridgehead atoms. The van der Waals surface area contributed by atoms with Gasteiger partial charge in [-0.1, -0.05) is 12.1 Å². The first-order chi connectivity index (χ1) is 20.2. The number of hydrogen-bond acceptors (Lipinski definition) is 13. The van der Waals surface area contributed by atoms with Crippen LogP contribution in [0, 0.1) is 0 Å². The van der Waals surface area contributed by atoms with Crippen molar-refractivity contribution >= 4 is 78.3 Å². The summed E-state index contributed by atoms with van der Waals surface area (Å²) in [5.74, 6) is -0.432. The molecule has 2 amide bonds. The molecule has 3 aromatic heterocycles. The Bertz CT molecular complexity index is 1640. The summed E-state index contributed by atoms with van der Waals surface area (Å²) in [5, 5.41) is 2.51. The fourth-order valence-corrected chi connectivity index (χ4v) is 6.22. The van der Waals surface area contributed by atoms with E-state index in [9.17, 15) is 22.8 Å². The zero-order valence-electron chi connectivity index (χ0n) is 22.7. The number of aromatic nitrogens is 5.